The van der Waals surface area contributed by atoms with Crippen LogP contribution < -0.4 is 15.8 Å². The summed E-state index contributed by atoms with van der Waals surface area (Å²) in [6.07, 6.45) is 8.24. The molecule has 0 spiro atoms. The van der Waals surface area contributed by atoms with Gasteiger partial charge in [0.2, 0.25) is 0 Å². The van der Waals surface area contributed by atoms with E-state index < -0.39 is 0 Å². The molecule has 2 aromatic carbocycles. The zero-order valence-corrected chi connectivity index (χ0v) is 24.7. The van der Waals surface area contributed by atoms with E-state index in [1.807, 2.05) is 48.6 Å². The molecule has 9 nitrogen and oxygen atoms in total. The number of imidazole rings is 1. The zero-order chi connectivity index (χ0) is 29.2. The van der Waals surface area contributed by atoms with E-state index in [-0.39, 0.29) is 18.0 Å². The monoisotopic (exact) mass is 575 g/mol. The molecule has 2 aliphatic carbocycles. The van der Waals surface area contributed by atoms with Crippen LogP contribution in [0.25, 0.3) is 33.5 Å². The lowest BCUT2D eigenvalue weighted by Crippen LogP contribution is -2.41. The van der Waals surface area contributed by atoms with Crippen molar-refractivity contribution in [1.82, 2.24) is 24.0 Å². The van der Waals surface area contributed by atoms with Crippen LogP contribution >= 0.6 is 0 Å². The molecule has 2 saturated carbocycles. The predicted molar refractivity (Wildman–Crippen MR) is 168 cm³/mol. The zero-order valence-electron chi connectivity index (χ0n) is 24.7. The standard InChI is InChI=1S/C34H37N7O2/c1-39-32-26(13-24(15-30(32)43-2)34(42)41-19-23-6-8-27(41)31(23)35)38-33(39)29-14-22-5-7-25(37-17-20-9-11-36-12-10-20)16-28(22)40(29)18-21-3-4-21/h5,7,9-16,21,23,27,31,37H,3-4,6,8,17-19,35H2,1-2H3/t23-,27-,31-/m1/s1. The van der Waals surface area contributed by atoms with Crippen molar-refractivity contribution in [2.24, 2.45) is 24.6 Å². The highest BCUT2D eigenvalue weighted by Crippen LogP contribution is 2.40. The van der Waals surface area contributed by atoms with E-state index >= 15 is 0 Å². The van der Waals surface area contributed by atoms with Gasteiger partial charge in [0.05, 0.1) is 23.8 Å². The first kappa shape index (κ1) is 26.3. The van der Waals surface area contributed by atoms with Crippen LogP contribution in [-0.2, 0) is 20.1 Å². The molecule has 9 heteroatoms. The van der Waals surface area contributed by atoms with E-state index in [0.717, 1.165) is 60.7 Å². The summed E-state index contributed by atoms with van der Waals surface area (Å²) in [7, 11) is 3.70. The van der Waals surface area contributed by atoms with Gasteiger partial charge in [-0.25, -0.2) is 4.98 Å². The summed E-state index contributed by atoms with van der Waals surface area (Å²) in [6.45, 7) is 2.42. The molecule has 1 saturated heterocycles. The maximum atomic E-state index is 13.7. The van der Waals surface area contributed by atoms with Crippen LogP contribution in [0.2, 0.25) is 0 Å². The molecule has 220 valence electrons. The van der Waals surface area contributed by atoms with Gasteiger partial charge >= 0.3 is 0 Å². The number of likely N-dealkylation sites (tertiary alicyclic amines) is 1. The molecule has 3 fully saturated rings. The lowest BCUT2D eigenvalue weighted by Gasteiger charge is -2.27. The van der Waals surface area contributed by atoms with Crippen molar-refractivity contribution < 1.29 is 9.53 Å². The van der Waals surface area contributed by atoms with Crippen molar-refractivity contribution in [3.63, 3.8) is 0 Å². The number of methoxy groups -OCH3 is 1. The molecule has 0 unspecified atom stereocenters. The molecule has 3 aliphatic rings. The van der Waals surface area contributed by atoms with Gasteiger partial charge in [-0.3, -0.25) is 9.78 Å². The number of nitrogens with one attached hydrogen (secondary N) is 1. The van der Waals surface area contributed by atoms with Crippen LogP contribution in [0, 0.1) is 11.8 Å². The quantitative estimate of drug-likeness (QED) is 0.264. The highest BCUT2D eigenvalue weighted by Gasteiger charge is 2.47. The lowest BCUT2D eigenvalue weighted by atomic mass is 10.1. The van der Waals surface area contributed by atoms with E-state index in [2.05, 4.69) is 43.7 Å². The van der Waals surface area contributed by atoms with Gasteiger partial charge in [0.25, 0.3) is 5.91 Å². The average molecular weight is 576 g/mol. The number of aryl methyl sites for hydroxylation is 1. The Hall–Kier alpha value is -4.37. The number of nitrogens with zero attached hydrogens (tertiary/aromatic N) is 5. The highest BCUT2D eigenvalue weighted by molar-refractivity contribution is 6.00. The normalized spacial score (nSPS) is 21.3. The summed E-state index contributed by atoms with van der Waals surface area (Å²) in [5, 5.41) is 4.76. The number of carbonyl (C=O) groups excluding carboxylic acids is 1. The van der Waals surface area contributed by atoms with Crippen molar-refractivity contribution in [2.45, 2.75) is 50.9 Å². The summed E-state index contributed by atoms with van der Waals surface area (Å²) in [5.41, 5.74) is 13.2. The van der Waals surface area contributed by atoms with Gasteiger partial charge in [0.15, 0.2) is 5.82 Å². The molecule has 43 heavy (non-hydrogen) atoms. The van der Waals surface area contributed by atoms with Crippen molar-refractivity contribution in [2.75, 3.05) is 19.0 Å². The number of fused-ring (bicyclic) bond motifs is 4. The van der Waals surface area contributed by atoms with E-state index in [9.17, 15) is 4.79 Å². The molecule has 3 atom stereocenters. The molecule has 0 radical (unpaired) electrons. The second-order valence-corrected chi connectivity index (χ2v) is 12.5. The Morgan fingerprint density at radius 1 is 1.07 bits per heavy atom. The number of anilines is 1. The topological polar surface area (TPSA) is 103 Å². The van der Waals surface area contributed by atoms with Crippen LogP contribution in [0.5, 0.6) is 5.75 Å². The van der Waals surface area contributed by atoms with Crippen LogP contribution in [0.4, 0.5) is 5.69 Å². The van der Waals surface area contributed by atoms with Crippen molar-refractivity contribution >= 4 is 33.5 Å². The number of pyridine rings is 1. The summed E-state index contributed by atoms with van der Waals surface area (Å²) < 4.78 is 10.4. The van der Waals surface area contributed by atoms with E-state index in [1.165, 1.54) is 29.3 Å². The number of ether oxygens (including phenoxy) is 1. The summed E-state index contributed by atoms with van der Waals surface area (Å²) in [5.74, 6) is 2.62. The minimum Gasteiger partial charge on any atom is -0.494 e. The molecule has 8 rings (SSSR count). The number of carbonyl (C=O) groups is 1. The highest BCUT2D eigenvalue weighted by atomic mass is 16.5. The second-order valence-electron chi connectivity index (χ2n) is 12.5. The van der Waals surface area contributed by atoms with Gasteiger partial charge in [-0.15, -0.1) is 0 Å². The number of piperidine rings is 1. The molecule has 3 N–H and O–H groups in total. The fourth-order valence-corrected chi connectivity index (χ4v) is 7.28. The Morgan fingerprint density at radius 2 is 1.91 bits per heavy atom. The first-order valence-electron chi connectivity index (χ1n) is 15.4. The molecular formula is C34H37N7O2. The van der Waals surface area contributed by atoms with Crippen LogP contribution in [0.3, 0.4) is 0 Å². The number of nitrogens with two attached hydrogens (primary N) is 1. The van der Waals surface area contributed by atoms with E-state index in [1.54, 1.807) is 7.11 Å². The fourth-order valence-electron chi connectivity index (χ4n) is 7.28. The Balaban J connectivity index is 1.18. The van der Waals surface area contributed by atoms with E-state index in [0.29, 0.717) is 23.1 Å². The molecule has 4 heterocycles. The number of aromatic nitrogens is 4. The van der Waals surface area contributed by atoms with Gasteiger partial charge < -0.3 is 29.8 Å². The maximum Gasteiger partial charge on any atom is 0.254 e. The third-order valence-corrected chi connectivity index (χ3v) is 9.83. The Labute approximate surface area is 250 Å². The molecule has 1 aliphatic heterocycles. The lowest BCUT2D eigenvalue weighted by molar-refractivity contribution is 0.0700. The van der Waals surface area contributed by atoms with E-state index in [4.69, 9.17) is 15.5 Å². The predicted octanol–water partition coefficient (Wildman–Crippen LogP) is 5.18. The maximum absolute atomic E-state index is 13.7. The summed E-state index contributed by atoms with van der Waals surface area (Å²) in [4.78, 5) is 24.9. The first-order chi connectivity index (χ1) is 21.0. The van der Waals surface area contributed by atoms with Crippen LogP contribution in [0.1, 0.15) is 41.6 Å². The number of hydrogen-bond donors (Lipinski definition) is 2. The second kappa shape index (κ2) is 10.1. The van der Waals surface area contributed by atoms with Crippen molar-refractivity contribution in [3.05, 3.63) is 72.1 Å². The van der Waals surface area contributed by atoms with Gasteiger partial charge in [-0.05, 0) is 85.5 Å². The van der Waals surface area contributed by atoms with Crippen LogP contribution in [-0.4, -0.2) is 55.6 Å². The smallest absolute Gasteiger partial charge is 0.254 e. The number of rotatable bonds is 8. The van der Waals surface area contributed by atoms with Gasteiger partial charge in [-0.2, -0.15) is 0 Å². The SMILES string of the molecule is COc1cc(C(=O)N2C[C@H]3CC[C@@H]2[C@@H]3N)cc2nc(-c3cc4ccc(NCc5ccncc5)cc4n3CC3CC3)n(C)c12. The minimum absolute atomic E-state index is 0.0182. The molecule has 2 bridgehead atoms. The summed E-state index contributed by atoms with van der Waals surface area (Å²) in [6, 6.07) is 16.9. The largest absolute Gasteiger partial charge is 0.494 e. The average Bonchev–Trinajstić information content (AvgIpc) is 3.44. The minimum atomic E-state index is 0.0182. The molecule has 3 aromatic heterocycles. The van der Waals surface area contributed by atoms with Crippen LogP contribution in [0.15, 0.2) is 60.9 Å². The number of benzene rings is 2. The third-order valence-electron chi connectivity index (χ3n) is 9.83. The van der Waals surface area contributed by atoms with Crippen molar-refractivity contribution in [3.8, 4) is 17.3 Å². The Kier molecular flexibility index (Phi) is 6.18. The van der Waals surface area contributed by atoms with Gasteiger partial charge in [-0.1, -0.05) is 6.07 Å². The Morgan fingerprint density at radius 3 is 2.63 bits per heavy atom. The summed E-state index contributed by atoms with van der Waals surface area (Å²) >= 11 is 0. The number of hydrogen-bond acceptors (Lipinski definition) is 6. The first-order valence-corrected chi connectivity index (χ1v) is 15.4. The van der Waals surface area contributed by atoms with Gasteiger partial charge in [0, 0.05) is 67.8 Å². The van der Waals surface area contributed by atoms with Gasteiger partial charge in [0.1, 0.15) is 11.3 Å². The molecule has 1 amide bonds. The van der Waals surface area contributed by atoms with Crippen molar-refractivity contribution in [1.29, 1.82) is 0 Å². The molecule has 5 aromatic rings. The third kappa shape index (κ3) is 4.45. The fraction of sp³-hybridized carbons (Fsp3) is 0.382. The number of amides is 1. The molecular weight excluding hydrogens is 538 g/mol. The Bertz CT molecular complexity index is 1860.